The number of hydrogen-bond donors (Lipinski definition) is 3. The van der Waals surface area contributed by atoms with Crippen molar-refractivity contribution in [3.05, 3.63) is 88.3 Å². The number of aromatic nitrogens is 4. The molecule has 2 atom stereocenters. The number of nitrogens with zero attached hydrogens (tertiary/aromatic N) is 5. The number of halogens is 1. The van der Waals surface area contributed by atoms with E-state index in [2.05, 4.69) is 67.5 Å². The Labute approximate surface area is 291 Å². The van der Waals surface area contributed by atoms with E-state index in [1.165, 1.54) is 0 Å². The molecule has 2 aromatic heterocycles. The molecule has 0 saturated carbocycles. The van der Waals surface area contributed by atoms with E-state index >= 15 is 0 Å². The van der Waals surface area contributed by atoms with Crippen LogP contribution in [-0.4, -0.2) is 57.7 Å². The van der Waals surface area contributed by atoms with Gasteiger partial charge in [0.1, 0.15) is 11.6 Å². The lowest BCUT2D eigenvalue weighted by molar-refractivity contribution is -0.126. The number of aryl methyl sites for hydroxylation is 1. The smallest absolute Gasteiger partial charge is 0.324 e. The summed E-state index contributed by atoms with van der Waals surface area (Å²) in [5.41, 5.74) is 4.36. The summed E-state index contributed by atoms with van der Waals surface area (Å²) in [5, 5.41) is 14.3. The van der Waals surface area contributed by atoms with Gasteiger partial charge in [-0.2, -0.15) is 5.10 Å². The van der Waals surface area contributed by atoms with E-state index < -0.39 is 0 Å². The molecule has 4 aromatic rings. The highest BCUT2D eigenvalue weighted by molar-refractivity contribution is 9.10. The molecular formula is C37H45BrN8O2. The lowest BCUT2D eigenvalue weighted by atomic mass is 9.73. The standard InChI is InChI=1S/C37H45BrN8O2/c1-24-7-13-30(14-8-24)46-32(20-31(44-46)37(2,3)4)43-36(48)42-29-11-9-25(10-12-29)33(26-15-17-39-18-16-26)34(47)27-6-5-19-45(23-27)35-40-21-28(38)22-41-35/h7-14,20-22,26-27,33,39H,5-6,15-19,23H2,1-4H3,(H2,42,43,48). The van der Waals surface area contributed by atoms with Gasteiger partial charge < -0.3 is 15.5 Å². The second-order valence-electron chi connectivity index (χ2n) is 14.1. The molecule has 2 aliphatic rings. The number of carbonyl (C=O) groups is 2. The highest BCUT2D eigenvalue weighted by Gasteiger charge is 2.37. The van der Waals surface area contributed by atoms with Gasteiger partial charge in [-0.15, -0.1) is 0 Å². The van der Waals surface area contributed by atoms with E-state index in [9.17, 15) is 9.59 Å². The zero-order valence-corrected chi connectivity index (χ0v) is 29.8. The highest BCUT2D eigenvalue weighted by atomic mass is 79.9. The summed E-state index contributed by atoms with van der Waals surface area (Å²) in [4.78, 5) is 38.7. The number of urea groups is 1. The number of nitrogens with one attached hydrogen (secondary N) is 3. The van der Waals surface area contributed by atoms with E-state index in [4.69, 9.17) is 5.10 Å². The Bertz CT molecular complexity index is 1710. The number of hydrogen-bond acceptors (Lipinski definition) is 7. The lowest BCUT2D eigenvalue weighted by Gasteiger charge is -2.36. The number of Topliss-reactive ketones (excluding diaryl/α,β-unsaturated/α-hetero) is 1. The van der Waals surface area contributed by atoms with Gasteiger partial charge in [0, 0.05) is 54.5 Å². The first-order valence-electron chi connectivity index (χ1n) is 16.9. The normalized spacial score (nSPS) is 17.9. The maximum Gasteiger partial charge on any atom is 0.324 e. The van der Waals surface area contributed by atoms with Crippen LogP contribution in [-0.2, 0) is 10.2 Å². The predicted molar refractivity (Wildman–Crippen MR) is 194 cm³/mol. The van der Waals surface area contributed by atoms with Crippen LogP contribution < -0.4 is 20.9 Å². The number of ketones is 1. The lowest BCUT2D eigenvalue weighted by Crippen LogP contribution is -2.43. The van der Waals surface area contributed by atoms with Crippen molar-refractivity contribution in [3.63, 3.8) is 0 Å². The minimum atomic E-state index is -0.361. The molecule has 6 rings (SSSR count). The van der Waals surface area contributed by atoms with E-state index in [0.717, 1.165) is 72.3 Å². The van der Waals surface area contributed by atoms with Crippen molar-refractivity contribution in [2.45, 2.75) is 64.7 Å². The van der Waals surface area contributed by atoms with E-state index in [-0.39, 0.29) is 29.2 Å². The van der Waals surface area contributed by atoms with Gasteiger partial charge in [0.05, 0.1) is 15.9 Å². The van der Waals surface area contributed by atoms with Crippen LogP contribution in [0.5, 0.6) is 0 Å². The Hall–Kier alpha value is -4.09. The molecule has 2 fully saturated rings. The van der Waals surface area contributed by atoms with Crippen LogP contribution in [0.25, 0.3) is 5.69 Å². The first kappa shape index (κ1) is 33.8. The first-order valence-corrected chi connectivity index (χ1v) is 17.7. The molecule has 0 spiro atoms. The van der Waals surface area contributed by atoms with Crippen molar-refractivity contribution in [2.75, 3.05) is 41.7 Å². The molecule has 11 heteroatoms. The van der Waals surface area contributed by atoms with Gasteiger partial charge in [-0.05, 0) is 97.4 Å². The SMILES string of the molecule is Cc1ccc(-n2nc(C(C)(C)C)cc2NC(=O)Nc2ccc(C(C(=O)C3CCCN(c4ncc(Br)cn4)C3)C3CCNCC3)cc2)cc1. The molecule has 4 heterocycles. The van der Waals surface area contributed by atoms with Crippen molar-refractivity contribution in [2.24, 2.45) is 11.8 Å². The third kappa shape index (κ3) is 7.95. The number of piperidine rings is 2. The van der Waals surface area contributed by atoms with Crippen molar-refractivity contribution in [1.29, 1.82) is 0 Å². The maximum atomic E-state index is 14.4. The molecular weight excluding hydrogens is 668 g/mol. The average molecular weight is 714 g/mol. The molecule has 2 amide bonds. The minimum Gasteiger partial charge on any atom is -0.340 e. The predicted octanol–water partition coefficient (Wildman–Crippen LogP) is 7.24. The number of anilines is 3. The number of rotatable bonds is 8. The second-order valence-corrected chi connectivity index (χ2v) is 15.0. The van der Waals surface area contributed by atoms with Gasteiger partial charge in [0.25, 0.3) is 0 Å². The Morgan fingerprint density at radius 3 is 2.31 bits per heavy atom. The summed E-state index contributed by atoms with van der Waals surface area (Å²) in [6.45, 7) is 11.6. The number of benzene rings is 2. The van der Waals surface area contributed by atoms with Crippen LogP contribution in [0.3, 0.4) is 0 Å². The fourth-order valence-electron chi connectivity index (χ4n) is 6.73. The van der Waals surface area contributed by atoms with Crippen molar-refractivity contribution >= 4 is 45.2 Å². The fraction of sp³-hybridized carbons (Fsp3) is 0.432. The molecule has 10 nitrogen and oxygen atoms in total. The van der Waals surface area contributed by atoms with Crippen molar-refractivity contribution < 1.29 is 9.59 Å². The molecule has 0 bridgehead atoms. The fourth-order valence-corrected chi connectivity index (χ4v) is 6.94. The van der Waals surface area contributed by atoms with Crippen LogP contribution in [0, 0.1) is 18.8 Å². The Morgan fingerprint density at radius 1 is 0.958 bits per heavy atom. The summed E-state index contributed by atoms with van der Waals surface area (Å²) in [7, 11) is 0. The Kier molecular flexibility index (Phi) is 10.3. The minimum absolute atomic E-state index is 0.0918. The Balaban J connectivity index is 1.18. The maximum absolute atomic E-state index is 14.4. The van der Waals surface area contributed by atoms with Gasteiger partial charge in [-0.1, -0.05) is 50.6 Å². The quantitative estimate of drug-likeness (QED) is 0.176. The molecule has 3 N–H and O–H groups in total. The first-order chi connectivity index (χ1) is 23.0. The molecule has 48 heavy (non-hydrogen) atoms. The molecule has 2 unspecified atom stereocenters. The van der Waals surface area contributed by atoms with Gasteiger partial charge in [-0.25, -0.2) is 19.4 Å². The monoisotopic (exact) mass is 712 g/mol. The summed E-state index contributed by atoms with van der Waals surface area (Å²) in [6, 6.07) is 17.4. The molecule has 2 saturated heterocycles. The summed E-state index contributed by atoms with van der Waals surface area (Å²) < 4.78 is 2.61. The molecule has 252 valence electrons. The number of carbonyl (C=O) groups excluding carboxylic acids is 2. The third-order valence-electron chi connectivity index (χ3n) is 9.40. The zero-order valence-electron chi connectivity index (χ0n) is 28.2. The summed E-state index contributed by atoms with van der Waals surface area (Å²) in [5.74, 6) is 1.51. The Morgan fingerprint density at radius 2 is 1.65 bits per heavy atom. The zero-order chi connectivity index (χ0) is 33.8. The van der Waals surface area contributed by atoms with Crippen LogP contribution in [0.1, 0.15) is 69.2 Å². The van der Waals surface area contributed by atoms with Crippen LogP contribution >= 0.6 is 15.9 Å². The molecule has 2 aliphatic heterocycles. The van der Waals surface area contributed by atoms with Crippen molar-refractivity contribution in [3.8, 4) is 5.69 Å². The topological polar surface area (TPSA) is 117 Å². The second kappa shape index (κ2) is 14.6. The van der Waals surface area contributed by atoms with E-state index in [1.807, 2.05) is 61.5 Å². The van der Waals surface area contributed by atoms with Gasteiger partial charge >= 0.3 is 6.03 Å². The highest BCUT2D eigenvalue weighted by Crippen LogP contribution is 2.37. The number of amides is 2. The van der Waals surface area contributed by atoms with Gasteiger partial charge in [0.2, 0.25) is 5.95 Å². The van der Waals surface area contributed by atoms with Crippen LogP contribution in [0.15, 0.2) is 71.5 Å². The van der Waals surface area contributed by atoms with Crippen LogP contribution in [0.4, 0.5) is 22.2 Å². The van der Waals surface area contributed by atoms with E-state index in [1.54, 1.807) is 17.1 Å². The molecule has 0 aliphatic carbocycles. The van der Waals surface area contributed by atoms with Crippen LogP contribution in [0.2, 0.25) is 0 Å². The van der Waals surface area contributed by atoms with Gasteiger partial charge in [0.15, 0.2) is 0 Å². The molecule has 2 aromatic carbocycles. The largest absolute Gasteiger partial charge is 0.340 e. The third-order valence-corrected chi connectivity index (χ3v) is 9.81. The average Bonchev–Trinajstić information content (AvgIpc) is 3.51. The van der Waals surface area contributed by atoms with Gasteiger partial charge in [-0.3, -0.25) is 10.1 Å². The summed E-state index contributed by atoms with van der Waals surface area (Å²) in [6.07, 6.45) is 7.20. The summed E-state index contributed by atoms with van der Waals surface area (Å²) >= 11 is 3.41. The molecule has 0 radical (unpaired) electrons. The van der Waals surface area contributed by atoms with E-state index in [0.29, 0.717) is 29.8 Å². The van der Waals surface area contributed by atoms with Crippen molar-refractivity contribution in [1.82, 2.24) is 25.1 Å².